The maximum Gasteiger partial charge on any atom is 0.374 e. The predicted octanol–water partition coefficient (Wildman–Crippen LogP) is 2.48. The number of rotatable bonds is 4. The second-order valence-electron chi connectivity index (χ2n) is 3.92. The van der Waals surface area contributed by atoms with Gasteiger partial charge >= 0.3 is 5.97 Å². The van der Waals surface area contributed by atoms with Crippen molar-refractivity contribution in [3.63, 3.8) is 0 Å². The Morgan fingerprint density at radius 1 is 1.00 bits per heavy atom. The third-order valence-electron chi connectivity index (χ3n) is 2.59. The van der Waals surface area contributed by atoms with Crippen LogP contribution in [0, 0.1) is 0 Å². The molecule has 0 fully saturated rings. The van der Waals surface area contributed by atoms with E-state index in [1.54, 1.807) is 5.80 Å². The van der Waals surface area contributed by atoms with Gasteiger partial charge in [-0.05, 0) is 31.2 Å². The summed E-state index contributed by atoms with van der Waals surface area (Å²) in [7, 11) is -0.801. The largest absolute Gasteiger partial charge is 0.460 e. The molecule has 0 aliphatic rings. The monoisotopic (exact) mass is 271 g/mol. The highest BCUT2D eigenvalue weighted by Gasteiger charge is 2.20. The Morgan fingerprint density at radius 3 is 1.89 bits per heavy atom. The molecule has 0 amide bonds. The van der Waals surface area contributed by atoms with Crippen molar-refractivity contribution in [2.75, 3.05) is 6.61 Å². The maximum atomic E-state index is 11.7. The summed E-state index contributed by atoms with van der Waals surface area (Å²) in [6.45, 7) is 2.22. The number of esters is 1. The first-order chi connectivity index (χ1) is 9.31. The maximum absolute atomic E-state index is 11.7. The van der Waals surface area contributed by atoms with Crippen LogP contribution in [0.3, 0.4) is 0 Å². The van der Waals surface area contributed by atoms with Gasteiger partial charge < -0.3 is 4.74 Å². The topological polar surface area (TPSA) is 26.3 Å². The highest BCUT2D eigenvalue weighted by Crippen LogP contribution is 2.20. The van der Waals surface area contributed by atoms with Gasteiger partial charge in [0.05, 0.1) is 6.61 Å². The number of carbonyl (C=O) groups is 1. The molecule has 0 radical (unpaired) electrons. The lowest BCUT2D eigenvalue weighted by Gasteiger charge is -1.97. The second kappa shape index (κ2) is 6.86. The summed E-state index contributed by atoms with van der Waals surface area (Å²) in [5.74, 6) is 1.45. The predicted molar refractivity (Wildman–Crippen MR) is 81.8 cm³/mol. The van der Waals surface area contributed by atoms with E-state index in [1.165, 1.54) is 0 Å². The van der Waals surface area contributed by atoms with E-state index in [2.05, 4.69) is 24.3 Å². The highest BCUT2D eigenvalue weighted by molar-refractivity contribution is 7.73. The van der Waals surface area contributed by atoms with Gasteiger partial charge in [0.2, 0.25) is 5.80 Å². The smallest absolute Gasteiger partial charge is 0.374 e. The Hall–Kier alpha value is -1.92. The van der Waals surface area contributed by atoms with Crippen LogP contribution in [0.4, 0.5) is 0 Å². The van der Waals surface area contributed by atoms with E-state index in [0.717, 1.165) is 10.6 Å². The summed E-state index contributed by atoms with van der Waals surface area (Å²) in [6, 6.07) is 20.1. The van der Waals surface area contributed by atoms with E-state index in [0.29, 0.717) is 6.61 Å². The van der Waals surface area contributed by atoms with Crippen molar-refractivity contribution in [2.24, 2.45) is 0 Å². The van der Waals surface area contributed by atoms with Crippen LogP contribution in [0.25, 0.3) is 0 Å². The van der Waals surface area contributed by atoms with Gasteiger partial charge in [-0.2, -0.15) is 0 Å². The van der Waals surface area contributed by atoms with Crippen molar-refractivity contribution in [1.82, 2.24) is 0 Å². The number of hydrogen-bond acceptors (Lipinski definition) is 2. The molecule has 2 rings (SSSR count). The van der Waals surface area contributed by atoms with Crippen LogP contribution in [0.1, 0.15) is 6.92 Å². The molecule has 0 saturated carbocycles. The third kappa shape index (κ3) is 3.77. The molecule has 0 aliphatic carbocycles. The molecule has 0 atom stereocenters. The Balaban J connectivity index is 2.43. The van der Waals surface area contributed by atoms with Crippen LogP contribution >= 0.6 is 7.55 Å². The quantitative estimate of drug-likeness (QED) is 0.631. The first-order valence-electron chi connectivity index (χ1n) is 6.22. The van der Waals surface area contributed by atoms with Crippen molar-refractivity contribution in [3.8, 4) is 0 Å². The minimum Gasteiger partial charge on any atom is -0.460 e. The van der Waals surface area contributed by atoms with E-state index in [4.69, 9.17) is 4.74 Å². The molecule has 0 aliphatic heterocycles. The van der Waals surface area contributed by atoms with Crippen molar-refractivity contribution in [2.45, 2.75) is 6.92 Å². The lowest BCUT2D eigenvalue weighted by atomic mass is 10.4. The molecule has 3 heteroatoms. The fourth-order valence-corrected chi connectivity index (χ4v) is 3.63. The zero-order valence-corrected chi connectivity index (χ0v) is 11.7. The highest BCUT2D eigenvalue weighted by atomic mass is 31.1. The number of benzene rings is 2. The molecule has 0 bridgehead atoms. The van der Waals surface area contributed by atoms with Crippen LogP contribution in [-0.2, 0) is 9.53 Å². The fraction of sp³-hybridized carbons (Fsp3) is 0.125. The normalized spacial score (nSPS) is 9.74. The van der Waals surface area contributed by atoms with Gasteiger partial charge in [0, 0.05) is 0 Å². The van der Waals surface area contributed by atoms with E-state index < -0.39 is 7.55 Å². The molecule has 2 aromatic carbocycles. The molecular formula is C16H16O2P+. The molecule has 2 aromatic rings. The second-order valence-corrected chi connectivity index (χ2v) is 5.95. The fourth-order valence-electron chi connectivity index (χ4n) is 1.76. The Labute approximate surface area is 114 Å². The van der Waals surface area contributed by atoms with Crippen molar-refractivity contribution in [1.29, 1.82) is 0 Å². The summed E-state index contributed by atoms with van der Waals surface area (Å²) >= 11 is 0. The molecule has 0 unspecified atom stereocenters. The third-order valence-corrected chi connectivity index (χ3v) is 4.77. The molecule has 0 heterocycles. The average Bonchev–Trinajstić information content (AvgIpc) is 2.47. The zero-order valence-electron chi connectivity index (χ0n) is 10.8. The summed E-state index contributed by atoms with van der Waals surface area (Å²) < 4.78 is 5.04. The first-order valence-corrected chi connectivity index (χ1v) is 7.63. The minimum absolute atomic E-state index is 0.249. The molecular weight excluding hydrogens is 255 g/mol. The Kier molecular flexibility index (Phi) is 4.88. The summed E-state index contributed by atoms with van der Waals surface area (Å²) in [4.78, 5) is 11.7. The molecule has 0 N–H and O–H groups in total. The van der Waals surface area contributed by atoms with Crippen LogP contribution in [0.2, 0.25) is 0 Å². The van der Waals surface area contributed by atoms with Gasteiger partial charge in [-0.1, -0.05) is 36.4 Å². The summed E-state index contributed by atoms with van der Waals surface area (Å²) in [5.41, 5.74) is 0. The molecule has 0 saturated heterocycles. The van der Waals surface area contributed by atoms with Gasteiger partial charge in [-0.25, -0.2) is 4.79 Å². The van der Waals surface area contributed by atoms with Crippen LogP contribution in [-0.4, -0.2) is 18.4 Å². The van der Waals surface area contributed by atoms with Crippen LogP contribution in [0.5, 0.6) is 0 Å². The van der Waals surface area contributed by atoms with Gasteiger partial charge in [0.25, 0.3) is 0 Å². The van der Waals surface area contributed by atoms with E-state index in [-0.39, 0.29) is 5.97 Å². The summed E-state index contributed by atoms with van der Waals surface area (Å²) in [6.07, 6.45) is 0. The lowest BCUT2D eigenvalue weighted by Crippen LogP contribution is -2.13. The average molecular weight is 271 g/mol. The standard InChI is InChI=1S/C16H16O2P/c1-2-18-16(17)13-19(14-9-5-3-6-10-14)15-11-7-4-8-12-15/h3-13H,2H2,1H3/q+1. The Morgan fingerprint density at radius 2 is 1.47 bits per heavy atom. The SMILES string of the molecule is CCOC(=O)C=[P+](c1ccccc1)c1ccccc1. The molecule has 96 valence electrons. The molecule has 0 aromatic heterocycles. The minimum atomic E-state index is -0.801. The van der Waals surface area contributed by atoms with Crippen molar-refractivity contribution >= 4 is 29.9 Å². The van der Waals surface area contributed by atoms with Gasteiger partial charge in [-0.15, -0.1) is 0 Å². The van der Waals surface area contributed by atoms with Crippen molar-refractivity contribution in [3.05, 3.63) is 60.7 Å². The summed E-state index contributed by atoms with van der Waals surface area (Å²) in [5, 5.41) is 2.30. The number of ether oxygens (including phenoxy) is 1. The van der Waals surface area contributed by atoms with Crippen molar-refractivity contribution < 1.29 is 9.53 Å². The first kappa shape index (κ1) is 13.5. The van der Waals surface area contributed by atoms with E-state index in [1.807, 2.05) is 43.3 Å². The zero-order chi connectivity index (χ0) is 13.5. The molecule has 19 heavy (non-hydrogen) atoms. The van der Waals surface area contributed by atoms with Gasteiger partial charge in [0.1, 0.15) is 0 Å². The molecule has 2 nitrogen and oxygen atoms in total. The van der Waals surface area contributed by atoms with Gasteiger partial charge in [-0.3, -0.25) is 0 Å². The number of carbonyl (C=O) groups excluding carboxylic acids is 1. The Bertz CT molecular complexity index is 520. The van der Waals surface area contributed by atoms with E-state index in [9.17, 15) is 4.79 Å². The van der Waals surface area contributed by atoms with E-state index >= 15 is 0 Å². The lowest BCUT2D eigenvalue weighted by molar-refractivity contribution is -0.134. The van der Waals surface area contributed by atoms with Crippen LogP contribution in [0.15, 0.2) is 60.7 Å². The van der Waals surface area contributed by atoms with Crippen LogP contribution < -0.4 is 10.6 Å². The molecule has 0 spiro atoms. The van der Waals surface area contributed by atoms with Gasteiger partial charge in [0.15, 0.2) is 18.2 Å². The number of hydrogen-bond donors (Lipinski definition) is 0.